The lowest BCUT2D eigenvalue weighted by Gasteiger charge is -2.31. The Bertz CT molecular complexity index is 995. The fourth-order valence-corrected chi connectivity index (χ4v) is 3.76. The van der Waals surface area contributed by atoms with E-state index in [1.165, 1.54) is 23.3 Å². The second-order valence-corrected chi connectivity index (χ2v) is 7.54. The van der Waals surface area contributed by atoms with E-state index in [9.17, 15) is 9.18 Å². The normalized spacial score (nSPS) is 18.0. The van der Waals surface area contributed by atoms with Crippen LogP contribution < -0.4 is 10.6 Å². The van der Waals surface area contributed by atoms with Crippen molar-refractivity contribution in [1.29, 1.82) is 0 Å². The predicted molar refractivity (Wildman–Crippen MR) is 111 cm³/mol. The molecule has 0 radical (unpaired) electrons. The van der Waals surface area contributed by atoms with Gasteiger partial charge in [0.25, 0.3) is 5.91 Å². The second-order valence-electron chi connectivity index (χ2n) is 7.54. The molecule has 1 amide bonds. The first-order valence-corrected chi connectivity index (χ1v) is 10.0. The molecule has 5 nitrogen and oxygen atoms in total. The average Bonchev–Trinajstić information content (AvgIpc) is 3.18. The molecule has 0 unspecified atom stereocenters. The minimum atomic E-state index is -0.290. The van der Waals surface area contributed by atoms with E-state index in [0.29, 0.717) is 12.1 Å². The molecule has 150 valence electrons. The van der Waals surface area contributed by atoms with Gasteiger partial charge in [-0.2, -0.15) is 5.10 Å². The minimum Gasteiger partial charge on any atom is -0.363 e. The molecule has 0 saturated carbocycles. The van der Waals surface area contributed by atoms with Gasteiger partial charge in [0.2, 0.25) is 0 Å². The maximum Gasteiger partial charge on any atom is 0.256 e. The molecule has 3 aromatic rings. The Hall–Kier alpha value is -3.15. The monoisotopic (exact) mass is 392 g/mol. The molecule has 2 aromatic carbocycles. The van der Waals surface area contributed by atoms with Crippen molar-refractivity contribution in [2.24, 2.45) is 0 Å². The molecule has 2 atom stereocenters. The number of aromatic nitrogens is 2. The molecule has 4 rings (SSSR count). The Kier molecular flexibility index (Phi) is 5.34. The SMILES string of the molecule is CCc1ccc([C@H]2C[C@@H](C)n3ncc(C(=O)NCc4ccc(F)cc4)c3N2)cc1. The van der Waals surface area contributed by atoms with Crippen molar-refractivity contribution < 1.29 is 9.18 Å². The van der Waals surface area contributed by atoms with Crippen LogP contribution in [0.1, 0.15) is 59.4 Å². The Morgan fingerprint density at radius 2 is 1.86 bits per heavy atom. The molecule has 1 aromatic heterocycles. The Labute approximate surface area is 169 Å². The third-order valence-electron chi connectivity index (χ3n) is 5.50. The molecular formula is C23H25FN4O. The summed E-state index contributed by atoms with van der Waals surface area (Å²) in [6.07, 6.45) is 3.53. The van der Waals surface area contributed by atoms with Crippen LogP contribution in [0.4, 0.5) is 10.2 Å². The van der Waals surface area contributed by atoms with E-state index in [0.717, 1.165) is 24.2 Å². The van der Waals surface area contributed by atoms with E-state index in [4.69, 9.17) is 0 Å². The molecule has 29 heavy (non-hydrogen) atoms. The van der Waals surface area contributed by atoms with Gasteiger partial charge in [0, 0.05) is 6.54 Å². The lowest BCUT2D eigenvalue weighted by molar-refractivity contribution is 0.0951. The number of fused-ring (bicyclic) bond motifs is 1. The van der Waals surface area contributed by atoms with Gasteiger partial charge in [-0.25, -0.2) is 9.07 Å². The van der Waals surface area contributed by atoms with Crippen LogP contribution in [0, 0.1) is 5.82 Å². The van der Waals surface area contributed by atoms with Crippen LogP contribution in [0.15, 0.2) is 54.7 Å². The molecule has 0 fully saturated rings. The number of nitrogens with zero attached hydrogens (tertiary/aromatic N) is 2. The first kappa shape index (κ1) is 19.2. The van der Waals surface area contributed by atoms with Crippen LogP contribution in [-0.2, 0) is 13.0 Å². The van der Waals surface area contributed by atoms with Gasteiger partial charge in [-0.1, -0.05) is 43.3 Å². The van der Waals surface area contributed by atoms with E-state index in [1.807, 2.05) is 4.68 Å². The molecule has 1 aliphatic heterocycles. The van der Waals surface area contributed by atoms with Crippen molar-refractivity contribution in [1.82, 2.24) is 15.1 Å². The lowest BCUT2D eigenvalue weighted by atomic mass is 9.96. The van der Waals surface area contributed by atoms with Gasteiger partial charge in [0.05, 0.1) is 18.3 Å². The zero-order valence-corrected chi connectivity index (χ0v) is 16.7. The number of nitrogens with one attached hydrogen (secondary N) is 2. The van der Waals surface area contributed by atoms with Gasteiger partial charge in [-0.15, -0.1) is 0 Å². The molecule has 0 saturated heterocycles. The van der Waals surface area contributed by atoms with Crippen LogP contribution in [0.25, 0.3) is 0 Å². The summed E-state index contributed by atoms with van der Waals surface area (Å²) in [6.45, 7) is 4.59. The number of anilines is 1. The zero-order chi connectivity index (χ0) is 20.4. The van der Waals surface area contributed by atoms with Crippen molar-refractivity contribution in [2.75, 3.05) is 5.32 Å². The molecule has 0 spiro atoms. The summed E-state index contributed by atoms with van der Waals surface area (Å²) in [6, 6.07) is 15.0. The molecule has 2 N–H and O–H groups in total. The number of hydrogen-bond acceptors (Lipinski definition) is 3. The number of rotatable bonds is 5. The number of halogens is 1. The number of amides is 1. The van der Waals surface area contributed by atoms with E-state index in [-0.39, 0.29) is 23.8 Å². The highest BCUT2D eigenvalue weighted by molar-refractivity contribution is 5.98. The van der Waals surface area contributed by atoms with Crippen molar-refractivity contribution in [3.63, 3.8) is 0 Å². The quantitative estimate of drug-likeness (QED) is 0.665. The Balaban J connectivity index is 1.51. The summed E-state index contributed by atoms with van der Waals surface area (Å²) in [5.74, 6) is 0.254. The minimum absolute atomic E-state index is 0.128. The van der Waals surface area contributed by atoms with Crippen molar-refractivity contribution >= 4 is 11.7 Å². The number of carbonyl (C=O) groups excluding carboxylic acids is 1. The second kappa shape index (κ2) is 8.07. The summed E-state index contributed by atoms with van der Waals surface area (Å²) in [5.41, 5.74) is 3.88. The van der Waals surface area contributed by atoms with E-state index in [1.54, 1.807) is 18.3 Å². The van der Waals surface area contributed by atoms with Gasteiger partial charge in [0.15, 0.2) is 0 Å². The topological polar surface area (TPSA) is 59.0 Å². The van der Waals surface area contributed by atoms with Crippen molar-refractivity contribution in [2.45, 2.75) is 45.3 Å². The maximum atomic E-state index is 13.0. The highest BCUT2D eigenvalue weighted by atomic mass is 19.1. The Morgan fingerprint density at radius 3 is 2.55 bits per heavy atom. The number of aryl methyl sites for hydroxylation is 1. The third kappa shape index (κ3) is 4.01. The predicted octanol–water partition coefficient (Wildman–Crippen LogP) is 4.63. The van der Waals surface area contributed by atoms with Crippen LogP contribution in [0.5, 0.6) is 0 Å². The van der Waals surface area contributed by atoms with Gasteiger partial charge < -0.3 is 10.6 Å². The molecule has 0 bridgehead atoms. The van der Waals surface area contributed by atoms with E-state index >= 15 is 0 Å². The fourth-order valence-electron chi connectivity index (χ4n) is 3.76. The summed E-state index contributed by atoms with van der Waals surface area (Å²) < 4.78 is 14.9. The number of hydrogen-bond donors (Lipinski definition) is 2. The first-order chi connectivity index (χ1) is 14.0. The highest BCUT2D eigenvalue weighted by Gasteiger charge is 2.29. The molecule has 6 heteroatoms. The molecule has 2 heterocycles. The lowest BCUT2D eigenvalue weighted by Crippen LogP contribution is -2.28. The highest BCUT2D eigenvalue weighted by Crippen LogP contribution is 2.36. The van der Waals surface area contributed by atoms with Crippen LogP contribution in [0.2, 0.25) is 0 Å². The fraction of sp³-hybridized carbons (Fsp3) is 0.304. The average molecular weight is 392 g/mol. The molecule has 0 aliphatic carbocycles. The van der Waals surface area contributed by atoms with E-state index in [2.05, 4.69) is 53.8 Å². The van der Waals surface area contributed by atoms with Crippen LogP contribution in [-0.4, -0.2) is 15.7 Å². The smallest absolute Gasteiger partial charge is 0.256 e. The van der Waals surface area contributed by atoms with Gasteiger partial charge in [-0.05, 0) is 48.6 Å². The van der Waals surface area contributed by atoms with Crippen molar-refractivity contribution in [3.8, 4) is 0 Å². The van der Waals surface area contributed by atoms with Gasteiger partial charge in [0.1, 0.15) is 17.2 Å². The summed E-state index contributed by atoms with van der Waals surface area (Å²) >= 11 is 0. The summed E-state index contributed by atoms with van der Waals surface area (Å²) in [4.78, 5) is 12.8. The number of carbonyl (C=O) groups is 1. The number of benzene rings is 2. The van der Waals surface area contributed by atoms with Crippen LogP contribution >= 0.6 is 0 Å². The largest absolute Gasteiger partial charge is 0.363 e. The van der Waals surface area contributed by atoms with Crippen LogP contribution in [0.3, 0.4) is 0 Å². The van der Waals surface area contributed by atoms with Crippen molar-refractivity contribution in [3.05, 3.63) is 82.8 Å². The molecular weight excluding hydrogens is 367 g/mol. The first-order valence-electron chi connectivity index (χ1n) is 10.0. The standard InChI is InChI=1S/C23H25FN4O/c1-3-16-4-8-18(9-5-16)21-12-15(2)28-22(27-21)20(14-26-28)23(29)25-13-17-6-10-19(24)11-7-17/h4-11,14-15,21,27H,3,12-13H2,1-2H3,(H,25,29)/t15-,21-/m1/s1. The molecule has 1 aliphatic rings. The van der Waals surface area contributed by atoms with Gasteiger partial charge in [-0.3, -0.25) is 4.79 Å². The maximum absolute atomic E-state index is 13.0. The zero-order valence-electron chi connectivity index (χ0n) is 16.7. The van der Waals surface area contributed by atoms with Gasteiger partial charge >= 0.3 is 0 Å². The van der Waals surface area contributed by atoms with E-state index < -0.39 is 0 Å². The summed E-state index contributed by atoms with van der Waals surface area (Å²) in [5, 5.41) is 10.8. The Morgan fingerprint density at radius 1 is 1.17 bits per heavy atom. The third-order valence-corrected chi connectivity index (χ3v) is 5.50. The summed E-state index contributed by atoms with van der Waals surface area (Å²) in [7, 11) is 0.